The zero-order chi connectivity index (χ0) is 16.3. The summed E-state index contributed by atoms with van der Waals surface area (Å²) in [5, 5.41) is 0.429. The van der Waals surface area contributed by atoms with E-state index in [0.717, 1.165) is 5.56 Å². The van der Waals surface area contributed by atoms with Gasteiger partial charge in [-0.15, -0.1) is 0 Å². The molecule has 0 atom stereocenters. The first kappa shape index (κ1) is 17.6. The molecule has 0 amide bonds. The van der Waals surface area contributed by atoms with Gasteiger partial charge in [-0.25, -0.2) is 8.42 Å². The third kappa shape index (κ3) is 3.76. The molecule has 2 aromatic carbocycles. The van der Waals surface area contributed by atoms with Crippen LogP contribution in [0.5, 0.6) is 0 Å². The van der Waals surface area contributed by atoms with Crippen LogP contribution in [0, 0.1) is 0 Å². The van der Waals surface area contributed by atoms with E-state index in [1.807, 2.05) is 30.3 Å². The Kier molecular flexibility index (Phi) is 5.75. The second-order valence-electron chi connectivity index (χ2n) is 4.61. The van der Waals surface area contributed by atoms with Crippen molar-refractivity contribution in [3.8, 4) is 0 Å². The molecule has 7 heteroatoms. The lowest BCUT2D eigenvalue weighted by Crippen LogP contribution is -2.30. The zero-order valence-electron chi connectivity index (χ0n) is 11.8. The van der Waals surface area contributed by atoms with Crippen LogP contribution in [0.4, 0.5) is 0 Å². The SMILES string of the molecule is CCN(Cc1ccccc1)S(=O)(=O)c1cc(Cl)c(Cl)cc1Cl. The minimum Gasteiger partial charge on any atom is -0.207 e. The van der Waals surface area contributed by atoms with Crippen LogP contribution in [0.25, 0.3) is 0 Å². The van der Waals surface area contributed by atoms with Gasteiger partial charge < -0.3 is 0 Å². The summed E-state index contributed by atoms with van der Waals surface area (Å²) in [6, 6.07) is 12.0. The first-order valence-corrected chi connectivity index (χ1v) is 9.12. The molecule has 0 heterocycles. The summed E-state index contributed by atoms with van der Waals surface area (Å²) in [4.78, 5) is -0.0404. The highest BCUT2D eigenvalue weighted by molar-refractivity contribution is 7.89. The Bertz CT molecular complexity index is 764. The van der Waals surface area contributed by atoms with Crippen molar-refractivity contribution in [3.63, 3.8) is 0 Å². The van der Waals surface area contributed by atoms with Crippen molar-refractivity contribution >= 4 is 44.8 Å². The summed E-state index contributed by atoms with van der Waals surface area (Å²) >= 11 is 17.8. The second kappa shape index (κ2) is 7.20. The van der Waals surface area contributed by atoms with Crippen molar-refractivity contribution in [3.05, 3.63) is 63.1 Å². The fourth-order valence-electron chi connectivity index (χ4n) is 1.99. The van der Waals surface area contributed by atoms with E-state index >= 15 is 0 Å². The Labute approximate surface area is 145 Å². The summed E-state index contributed by atoms with van der Waals surface area (Å²) in [5.74, 6) is 0. The lowest BCUT2D eigenvalue weighted by Gasteiger charge is -2.21. The van der Waals surface area contributed by atoms with E-state index in [9.17, 15) is 8.42 Å². The van der Waals surface area contributed by atoms with E-state index in [0.29, 0.717) is 6.54 Å². The van der Waals surface area contributed by atoms with Gasteiger partial charge in [0.1, 0.15) is 4.90 Å². The molecule has 0 unspecified atom stereocenters. The molecule has 0 fully saturated rings. The molecule has 0 aliphatic rings. The number of rotatable bonds is 5. The van der Waals surface area contributed by atoms with Crippen molar-refractivity contribution in [1.82, 2.24) is 4.31 Å². The van der Waals surface area contributed by atoms with Crippen molar-refractivity contribution in [2.75, 3.05) is 6.54 Å². The Balaban J connectivity index is 2.41. The molecule has 2 rings (SSSR count). The highest BCUT2D eigenvalue weighted by Gasteiger charge is 2.26. The Morgan fingerprint density at radius 2 is 1.55 bits per heavy atom. The van der Waals surface area contributed by atoms with Crippen LogP contribution in [-0.4, -0.2) is 19.3 Å². The maximum absolute atomic E-state index is 12.8. The van der Waals surface area contributed by atoms with Crippen LogP contribution in [0.3, 0.4) is 0 Å². The largest absolute Gasteiger partial charge is 0.244 e. The second-order valence-corrected chi connectivity index (χ2v) is 7.74. The molecule has 3 nitrogen and oxygen atoms in total. The molecule has 0 saturated carbocycles. The molecular formula is C15H14Cl3NO2S. The summed E-state index contributed by atoms with van der Waals surface area (Å²) in [5.41, 5.74) is 0.893. The maximum Gasteiger partial charge on any atom is 0.244 e. The molecule has 0 aromatic heterocycles. The van der Waals surface area contributed by atoms with Gasteiger partial charge in [-0.2, -0.15) is 4.31 Å². The molecule has 22 heavy (non-hydrogen) atoms. The van der Waals surface area contributed by atoms with Gasteiger partial charge in [0, 0.05) is 13.1 Å². The molecular weight excluding hydrogens is 365 g/mol. The first-order chi connectivity index (χ1) is 10.4. The van der Waals surface area contributed by atoms with Crippen molar-refractivity contribution in [1.29, 1.82) is 0 Å². The Hall–Kier alpha value is -0.780. The minimum absolute atomic E-state index is 0.0404. The minimum atomic E-state index is -3.76. The maximum atomic E-state index is 12.8. The highest BCUT2D eigenvalue weighted by Crippen LogP contribution is 2.33. The third-order valence-corrected chi connectivity index (χ3v) is 6.25. The van der Waals surface area contributed by atoms with Crippen LogP contribution < -0.4 is 0 Å². The lowest BCUT2D eigenvalue weighted by atomic mass is 10.2. The summed E-state index contributed by atoms with van der Waals surface area (Å²) < 4.78 is 26.9. The average molecular weight is 379 g/mol. The van der Waals surface area contributed by atoms with Crippen molar-refractivity contribution in [2.45, 2.75) is 18.4 Å². The number of benzene rings is 2. The number of hydrogen-bond acceptors (Lipinski definition) is 2. The van der Waals surface area contributed by atoms with Gasteiger partial charge in [0.2, 0.25) is 10.0 Å². The molecule has 0 bridgehead atoms. The zero-order valence-corrected chi connectivity index (χ0v) is 14.8. The third-order valence-electron chi connectivity index (χ3n) is 3.15. The monoisotopic (exact) mass is 377 g/mol. The fraction of sp³-hybridized carbons (Fsp3) is 0.200. The van der Waals surface area contributed by atoms with Crippen LogP contribution in [0.2, 0.25) is 15.1 Å². The van der Waals surface area contributed by atoms with Gasteiger partial charge in [-0.3, -0.25) is 0 Å². The first-order valence-electron chi connectivity index (χ1n) is 6.55. The standard InChI is InChI=1S/C15H14Cl3NO2S/c1-2-19(10-11-6-4-3-5-7-11)22(20,21)15-9-13(17)12(16)8-14(15)18/h3-9H,2,10H2,1H3. The van der Waals surface area contributed by atoms with Gasteiger partial charge >= 0.3 is 0 Å². The quantitative estimate of drug-likeness (QED) is 0.697. The number of nitrogens with zero attached hydrogens (tertiary/aromatic N) is 1. The summed E-state index contributed by atoms with van der Waals surface area (Å²) in [6.45, 7) is 2.34. The predicted molar refractivity (Wildman–Crippen MR) is 91.2 cm³/mol. The van der Waals surface area contributed by atoms with E-state index < -0.39 is 10.0 Å². The molecule has 0 aliphatic heterocycles. The van der Waals surface area contributed by atoms with Gasteiger partial charge in [-0.1, -0.05) is 72.1 Å². The molecule has 0 N–H and O–H groups in total. The predicted octanol–water partition coefficient (Wildman–Crippen LogP) is 4.86. The summed E-state index contributed by atoms with van der Waals surface area (Å²) in [7, 11) is -3.76. The van der Waals surface area contributed by atoms with Crippen LogP contribution in [0.1, 0.15) is 12.5 Å². The Morgan fingerprint density at radius 3 is 2.14 bits per heavy atom. The molecule has 2 aromatic rings. The lowest BCUT2D eigenvalue weighted by molar-refractivity contribution is 0.423. The molecule has 0 aliphatic carbocycles. The number of hydrogen-bond donors (Lipinski definition) is 0. The van der Waals surface area contributed by atoms with Crippen molar-refractivity contribution < 1.29 is 8.42 Å². The van der Waals surface area contributed by atoms with E-state index in [2.05, 4.69) is 0 Å². The van der Waals surface area contributed by atoms with Gasteiger partial charge in [0.25, 0.3) is 0 Å². The smallest absolute Gasteiger partial charge is 0.207 e. The van der Waals surface area contributed by atoms with E-state index in [-0.39, 0.29) is 26.5 Å². The van der Waals surface area contributed by atoms with Crippen LogP contribution in [0.15, 0.2) is 47.4 Å². The average Bonchev–Trinajstić information content (AvgIpc) is 2.49. The fourth-order valence-corrected chi connectivity index (χ4v) is 4.41. The van der Waals surface area contributed by atoms with Gasteiger partial charge in [0.05, 0.1) is 15.1 Å². The van der Waals surface area contributed by atoms with Crippen molar-refractivity contribution in [2.24, 2.45) is 0 Å². The van der Waals surface area contributed by atoms with Crippen LogP contribution in [-0.2, 0) is 16.6 Å². The molecule has 0 saturated heterocycles. The Morgan fingerprint density at radius 1 is 0.955 bits per heavy atom. The van der Waals surface area contributed by atoms with Gasteiger partial charge in [-0.05, 0) is 17.7 Å². The summed E-state index contributed by atoms with van der Waals surface area (Å²) in [6.07, 6.45) is 0. The molecule has 0 spiro atoms. The molecule has 118 valence electrons. The van der Waals surface area contributed by atoms with Gasteiger partial charge in [0.15, 0.2) is 0 Å². The van der Waals surface area contributed by atoms with E-state index in [1.165, 1.54) is 16.4 Å². The van der Waals surface area contributed by atoms with E-state index in [1.54, 1.807) is 6.92 Å². The molecule has 0 radical (unpaired) electrons. The van der Waals surface area contributed by atoms with Crippen LogP contribution >= 0.6 is 34.8 Å². The normalized spacial score (nSPS) is 11.9. The van der Waals surface area contributed by atoms with E-state index in [4.69, 9.17) is 34.8 Å². The number of sulfonamides is 1. The highest BCUT2D eigenvalue weighted by atomic mass is 35.5. The number of halogens is 3. The topological polar surface area (TPSA) is 37.4 Å².